The van der Waals surface area contributed by atoms with Crippen LogP contribution in [-0.4, -0.2) is 22.0 Å². The fraction of sp³-hybridized carbons (Fsp3) is 0.346. The molecule has 0 spiro atoms. The fourth-order valence-corrected chi connectivity index (χ4v) is 3.78. The van der Waals surface area contributed by atoms with Gasteiger partial charge >= 0.3 is 6.03 Å². The van der Waals surface area contributed by atoms with Gasteiger partial charge in [-0.15, -0.1) is 0 Å². The molecule has 0 radical (unpaired) electrons. The number of hydrogen-bond donors (Lipinski definition) is 1. The summed E-state index contributed by atoms with van der Waals surface area (Å²) in [6.07, 6.45) is 5.12. The summed E-state index contributed by atoms with van der Waals surface area (Å²) in [5.41, 5.74) is 4.91. The SMILES string of the molecule is CCCCCN(Cc1cccn1Cc1cccc(F)c1)C(=O)Nc1c(C)cccc1C. The van der Waals surface area contributed by atoms with E-state index in [-0.39, 0.29) is 11.8 Å². The molecule has 1 N–H and O–H groups in total. The van der Waals surface area contributed by atoms with Crippen LogP contribution in [0.4, 0.5) is 14.9 Å². The van der Waals surface area contributed by atoms with Gasteiger partial charge in [-0.3, -0.25) is 0 Å². The summed E-state index contributed by atoms with van der Waals surface area (Å²) in [6, 6.07) is 16.6. The second-order valence-corrected chi connectivity index (χ2v) is 8.08. The Bertz CT molecular complexity index is 991. The number of aryl methyl sites for hydroxylation is 2. The van der Waals surface area contributed by atoms with Crippen molar-refractivity contribution in [2.24, 2.45) is 0 Å². The maximum absolute atomic E-state index is 13.6. The molecule has 0 bridgehead atoms. The molecule has 0 aliphatic rings. The number of anilines is 1. The molecule has 164 valence electrons. The van der Waals surface area contributed by atoms with E-state index in [4.69, 9.17) is 0 Å². The van der Waals surface area contributed by atoms with Gasteiger partial charge in [0.2, 0.25) is 0 Å². The molecule has 1 aromatic heterocycles. The highest BCUT2D eigenvalue weighted by atomic mass is 19.1. The standard InChI is InChI=1S/C26H32FN3O/c1-4-5-6-15-30(26(31)28-25-20(2)10-7-11-21(25)3)19-24-14-9-16-29(24)18-22-12-8-13-23(27)17-22/h7-14,16-17H,4-6,15,18-19H2,1-3H3,(H,28,31). The highest BCUT2D eigenvalue weighted by Gasteiger charge is 2.17. The number of nitrogens with zero attached hydrogens (tertiary/aromatic N) is 2. The molecular weight excluding hydrogens is 389 g/mol. The first-order chi connectivity index (χ1) is 15.0. The Morgan fingerprint density at radius 1 is 1.03 bits per heavy atom. The van der Waals surface area contributed by atoms with E-state index in [1.54, 1.807) is 12.1 Å². The zero-order valence-corrected chi connectivity index (χ0v) is 18.7. The molecule has 0 fully saturated rings. The summed E-state index contributed by atoms with van der Waals surface area (Å²) >= 11 is 0. The molecule has 1 heterocycles. The van der Waals surface area contributed by atoms with Gasteiger partial charge in [-0.2, -0.15) is 0 Å². The van der Waals surface area contributed by atoms with Crippen LogP contribution in [0.1, 0.15) is 48.6 Å². The molecule has 2 aromatic carbocycles. The monoisotopic (exact) mass is 421 g/mol. The number of unbranched alkanes of at least 4 members (excludes halogenated alkanes) is 2. The Morgan fingerprint density at radius 3 is 2.48 bits per heavy atom. The Hall–Kier alpha value is -3.08. The summed E-state index contributed by atoms with van der Waals surface area (Å²) in [6.45, 7) is 7.94. The van der Waals surface area contributed by atoms with E-state index in [0.717, 1.165) is 47.3 Å². The number of halogens is 1. The van der Waals surface area contributed by atoms with E-state index in [1.165, 1.54) is 6.07 Å². The van der Waals surface area contributed by atoms with Gasteiger partial charge in [-0.25, -0.2) is 9.18 Å². The summed E-state index contributed by atoms with van der Waals surface area (Å²) < 4.78 is 15.7. The lowest BCUT2D eigenvalue weighted by Crippen LogP contribution is -2.36. The van der Waals surface area contributed by atoms with Crippen LogP contribution in [0, 0.1) is 19.7 Å². The smallest absolute Gasteiger partial charge is 0.322 e. The topological polar surface area (TPSA) is 37.3 Å². The number of carbonyl (C=O) groups is 1. The predicted molar refractivity (Wildman–Crippen MR) is 125 cm³/mol. The van der Waals surface area contributed by atoms with Crippen LogP contribution in [0.15, 0.2) is 60.8 Å². The zero-order valence-electron chi connectivity index (χ0n) is 18.7. The molecule has 0 atom stereocenters. The number of amides is 2. The average molecular weight is 422 g/mol. The van der Waals surface area contributed by atoms with E-state index < -0.39 is 0 Å². The van der Waals surface area contributed by atoms with Crippen molar-refractivity contribution >= 4 is 11.7 Å². The minimum atomic E-state index is -0.236. The van der Waals surface area contributed by atoms with Crippen molar-refractivity contribution < 1.29 is 9.18 Å². The zero-order chi connectivity index (χ0) is 22.2. The lowest BCUT2D eigenvalue weighted by molar-refractivity contribution is 0.206. The van der Waals surface area contributed by atoms with Crippen molar-refractivity contribution in [2.45, 2.75) is 53.1 Å². The third-order valence-electron chi connectivity index (χ3n) is 5.55. The Balaban J connectivity index is 1.77. The average Bonchev–Trinajstić information content (AvgIpc) is 3.16. The fourth-order valence-electron chi connectivity index (χ4n) is 3.78. The van der Waals surface area contributed by atoms with Crippen LogP contribution in [0.3, 0.4) is 0 Å². The maximum Gasteiger partial charge on any atom is 0.322 e. The number of aromatic nitrogens is 1. The first kappa shape index (κ1) is 22.6. The van der Waals surface area contributed by atoms with Crippen molar-refractivity contribution in [3.05, 3.63) is 89.0 Å². The summed E-state index contributed by atoms with van der Waals surface area (Å²) in [7, 11) is 0. The molecule has 4 nitrogen and oxygen atoms in total. The van der Waals surface area contributed by atoms with Crippen molar-refractivity contribution in [1.82, 2.24) is 9.47 Å². The summed E-state index contributed by atoms with van der Waals surface area (Å²) in [5, 5.41) is 3.12. The molecule has 5 heteroatoms. The molecule has 0 unspecified atom stereocenters. The molecule has 0 aliphatic heterocycles. The van der Waals surface area contributed by atoms with Crippen molar-refractivity contribution in [3.63, 3.8) is 0 Å². The van der Waals surface area contributed by atoms with E-state index in [2.05, 4.69) is 16.8 Å². The van der Waals surface area contributed by atoms with Gasteiger partial charge in [-0.05, 0) is 61.2 Å². The van der Waals surface area contributed by atoms with E-state index in [9.17, 15) is 9.18 Å². The highest BCUT2D eigenvalue weighted by Crippen LogP contribution is 2.21. The van der Waals surface area contributed by atoms with Crippen LogP contribution in [-0.2, 0) is 13.1 Å². The van der Waals surface area contributed by atoms with Gasteiger partial charge in [0.15, 0.2) is 0 Å². The van der Waals surface area contributed by atoms with Gasteiger partial charge in [-0.1, -0.05) is 50.1 Å². The molecule has 2 amide bonds. The van der Waals surface area contributed by atoms with Crippen molar-refractivity contribution in [2.75, 3.05) is 11.9 Å². The lowest BCUT2D eigenvalue weighted by atomic mass is 10.1. The first-order valence-electron chi connectivity index (χ1n) is 11.0. The van der Waals surface area contributed by atoms with Gasteiger partial charge in [0, 0.05) is 30.7 Å². The molecule has 0 saturated carbocycles. The van der Waals surface area contributed by atoms with Crippen molar-refractivity contribution in [1.29, 1.82) is 0 Å². The number of hydrogen-bond acceptors (Lipinski definition) is 1. The molecular formula is C26H32FN3O. The minimum Gasteiger partial charge on any atom is -0.345 e. The maximum atomic E-state index is 13.6. The van der Waals surface area contributed by atoms with E-state index in [0.29, 0.717) is 19.6 Å². The van der Waals surface area contributed by atoms with Crippen LogP contribution < -0.4 is 5.32 Å². The lowest BCUT2D eigenvalue weighted by Gasteiger charge is -2.25. The van der Waals surface area contributed by atoms with Gasteiger partial charge in [0.25, 0.3) is 0 Å². The van der Waals surface area contributed by atoms with Crippen molar-refractivity contribution in [3.8, 4) is 0 Å². The highest BCUT2D eigenvalue weighted by molar-refractivity contribution is 5.91. The van der Waals surface area contributed by atoms with Crippen LogP contribution in [0.5, 0.6) is 0 Å². The van der Waals surface area contributed by atoms with Crippen LogP contribution in [0.2, 0.25) is 0 Å². The number of urea groups is 1. The largest absolute Gasteiger partial charge is 0.345 e. The third-order valence-corrected chi connectivity index (χ3v) is 5.55. The molecule has 3 rings (SSSR count). The number of nitrogens with one attached hydrogen (secondary N) is 1. The predicted octanol–water partition coefficient (Wildman–Crippen LogP) is 6.52. The van der Waals surface area contributed by atoms with E-state index >= 15 is 0 Å². The molecule has 3 aromatic rings. The Labute approximate surface area is 184 Å². The number of benzene rings is 2. The minimum absolute atomic E-state index is 0.0907. The number of para-hydroxylation sites is 1. The summed E-state index contributed by atoms with van der Waals surface area (Å²) in [4.78, 5) is 15.1. The quantitative estimate of drug-likeness (QED) is 0.393. The second kappa shape index (κ2) is 10.8. The summed E-state index contributed by atoms with van der Waals surface area (Å²) in [5.74, 6) is -0.236. The first-order valence-corrected chi connectivity index (χ1v) is 11.0. The molecule has 0 saturated heterocycles. The van der Waals surface area contributed by atoms with Gasteiger partial charge in [0.05, 0.1) is 6.54 Å². The second-order valence-electron chi connectivity index (χ2n) is 8.08. The van der Waals surface area contributed by atoms with Gasteiger partial charge in [0.1, 0.15) is 5.82 Å². The molecule has 0 aliphatic carbocycles. The Kier molecular flexibility index (Phi) is 7.88. The van der Waals surface area contributed by atoms with Crippen LogP contribution >= 0.6 is 0 Å². The number of carbonyl (C=O) groups excluding carboxylic acids is 1. The third kappa shape index (κ3) is 6.20. The van der Waals surface area contributed by atoms with Crippen LogP contribution in [0.25, 0.3) is 0 Å². The normalized spacial score (nSPS) is 10.8. The van der Waals surface area contributed by atoms with E-state index in [1.807, 2.05) is 61.3 Å². The number of rotatable bonds is 9. The van der Waals surface area contributed by atoms with Gasteiger partial charge < -0.3 is 14.8 Å². The molecule has 31 heavy (non-hydrogen) atoms. The Morgan fingerprint density at radius 2 is 1.77 bits per heavy atom.